The van der Waals surface area contributed by atoms with E-state index in [4.69, 9.17) is 9.47 Å². The summed E-state index contributed by atoms with van der Waals surface area (Å²) in [6, 6.07) is 18.7. The van der Waals surface area contributed by atoms with Crippen LogP contribution in [0.3, 0.4) is 0 Å². The molecule has 43 heavy (non-hydrogen) atoms. The number of halogens is 3. The number of carbonyl (C=O) groups excluding carboxylic acids is 1. The molecular weight excluding hydrogens is 561 g/mol. The quantitative estimate of drug-likeness (QED) is 0.303. The Hall–Kier alpha value is -3.89. The number of amides is 1. The SMILES string of the molecule is COc1cc(C(F)(F)F)ccc1CN[C@@H]1[C@@H](C(C)(C)C)[C@H](C(=O)O)N(C(=O)[C@@H](OC)c2ccccc2)[C@@H]1c1ccccc1. The van der Waals surface area contributed by atoms with Crippen molar-refractivity contribution in [2.45, 2.75) is 57.7 Å². The predicted molar refractivity (Wildman–Crippen MR) is 155 cm³/mol. The van der Waals surface area contributed by atoms with Gasteiger partial charge in [0, 0.05) is 31.2 Å². The number of rotatable bonds is 9. The normalized spacial score (nSPS) is 21.4. The van der Waals surface area contributed by atoms with Crippen molar-refractivity contribution in [3.63, 3.8) is 0 Å². The summed E-state index contributed by atoms with van der Waals surface area (Å²) >= 11 is 0. The molecule has 3 aromatic rings. The number of benzene rings is 3. The predicted octanol–water partition coefficient (Wildman–Crippen LogP) is 6.26. The van der Waals surface area contributed by atoms with E-state index in [1.807, 2.05) is 57.2 Å². The Bertz CT molecular complexity index is 1410. The zero-order chi connectivity index (χ0) is 31.5. The van der Waals surface area contributed by atoms with Crippen LogP contribution >= 0.6 is 0 Å². The van der Waals surface area contributed by atoms with E-state index < -0.39 is 59.2 Å². The number of carbonyl (C=O) groups is 2. The molecule has 0 bridgehead atoms. The van der Waals surface area contributed by atoms with Crippen LogP contribution in [0.2, 0.25) is 0 Å². The average Bonchev–Trinajstić information content (AvgIpc) is 3.33. The molecule has 2 N–H and O–H groups in total. The van der Waals surface area contributed by atoms with Crippen molar-refractivity contribution < 1.29 is 37.3 Å². The number of hydrogen-bond acceptors (Lipinski definition) is 5. The highest BCUT2D eigenvalue weighted by Gasteiger charge is 2.58. The van der Waals surface area contributed by atoms with Gasteiger partial charge in [0.25, 0.3) is 5.91 Å². The summed E-state index contributed by atoms with van der Waals surface area (Å²) in [6.45, 7) is 5.83. The van der Waals surface area contributed by atoms with Gasteiger partial charge in [-0.15, -0.1) is 0 Å². The third-order valence-corrected chi connectivity index (χ3v) is 8.02. The molecule has 0 unspecified atom stereocenters. The minimum Gasteiger partial charge on any atom is -0.496 e. The molecule has 0 spiro atoms. The Labute approximate surface area is 249 Å². The Balaban J connectivity index is 1.83. The monoisotopic (exact) mass is 598 g/mol. The molecule has 7 nitrogen and oxygen atoms in total. The van der Waals surface area contributed by atoms with Crippen molar-refractivity contribution in [1.82, 2.24) is 10.2 Å². The van der Waals surface area contributed by atoms with E-state index in [0.29, 0.717) is 16.7 Å². The van der Waals surface area contributed by atoms with Crippen LogP contribution in [0.25, 0.3) is 0 Å². The minimum atomic E-state index is -4.54. The molecule has 0 saturated carbocycles. The fraction of sp³-hybridized carbons (Fsp3) is 0.394. The van der Waals surface area contributed by atoms with E-state index >= 15 is 0 Å². The number of carboxylic acid groups (broad SMARTS) is 1. The molecule has 1 fully saturated rings. The first-order valence-corrected chi connectivity index (χ1v) is 13.9. The van der Waals surface area contributed by atoms with Crippen LogP contribution < -0.4 is 10.1 Å². The Morgan fingerprint density at radius 1 is 0.953 bits per heavy atom. The van der Waals surface area contributed by atoms with Gasteiger partial charge in [0.15, 0.2) is 6.10 Å². The zero-order valence-electron chi connectivity index (χ0n) is 24.8. The summed E-state index contributed by atoms with van der Waals surface area (Å²) in [4.78, 5) is 28.9. The minimum absolute atomic E-state index is 0.0510. The first-order valence-electron chi connectivity index (χ1n) is 13.9. The summed E-state index contributed by atoms with van der Waals surface area (Å²) in [5, 5.41) is 14.1. The standard InChI is InChI=1S/C33H37F3N2O5/c1-32(2,3)25-26(37-19-22-16-17-23(33(34,35)36)18-24(22)42-4)27(20-12-8-6-9-13-20)38(28(25)31(40)41)30(39)29(43-5)21-14-10-7-11-15-21/h6-18,25-29,37H,19H2,1-5H3,(H,40,41)/t25-,26-,27-,28-,29+/m1/s1. The van der Waals surface area contributed by atoms with Gasteiger partial charge in [0.1, 0.15) is 11.8 Å². The van der Waals surface area contributed by atoms with Gasteiger partial charge in [0.2, 0.25) is 0 Å². The van der Waals surface area contributed by atoms with Crippen LogP contribution in [-0.4, -0.2) is 48.2 Å². The third kappa shape index (κ3) is 6.70. The summed E-state index contributed by atoms with van der Waals surface area (Å²) in [6.07, 6.45) is -5.59. The number of hydrogen-bond donors (Lipinski definition) is 2. The van der Waals surface area contributed by atoms with Crippen LogP contribution in [0.1, 0.15) is 55.2 Å². The second-order valence-corrected chi connectivity index (χ2v) is 11.7. The van der Waals surface area contributed by atoms with Crippen LogP contribution in [0, 0.1) is 11.3 Å². The van der Waals surface area contributed by atoms with E-state index in [1.54, 1.807) is 24.3 Å². The van der Waals surface area contributed by atoms with Gasteiger partial charge >= 0.3 is 12.1 Å². The number of nitrogens with zero attached hydrogens (tertiary/aromatic N) is 1. The summed E-state index contributed by atoms with van der Waals surface area (Å²) in [5.41, 5.74) is 0.323. The molecular formula is C33H37F3N2O5. The molecule has 1 saturated heterocycles. The Kier molecular flexibility index (Phi) is 9.51. The highest BCUT2D eigenvalue weighted by molar-refractivity contribution is 5.89. The Morgan fingerprint density at radius 3 is 2.07 bits per heavy atom. The van der Waals surface area contributed by atoms with E-state index in [1.165, 1.54) is 25.2 Å². The van der Waals surface area contributed by atoms with Crippen LogP contribution in [0.15, 0.2) is 78.9 Å². The van der Waals surface area contributed by atoms with Crippen LogP contribution in [0.4, 0.5) is 13.2 Å². The molecule has 5 atom stereocenters. The number of likely N-dealkylation sites (tertiary alicyclic amines) is 1. The largest absolute Gasteiger partial charge is 0.496 e. The molecule has 0 radical (unpaired) electrons. The molecule has 230 valence electrons. The van der Waals surface area contributed by atoms with Crippen molar-refractivity contribution in [2.75, 3.05) is 14.2 Å². The lowest BCUT2D eigenvalue weighted by atomic mass is 9.72. The van der Waals surface area contributed by atoms with Crippen molar-refractivity contribution in [3.05, 3.63) is 101 Å². The lowest BCUT2D eigenvalue weighted by Gasteiger charge is -2.35. The van der Waals surface area contributed by atoms with E-state index in [0.717, 1.165) is 12.1 Å². The summed E-state index contributed by atoms with van der Waals surface area (Å²) < 4.78 is 51.1. The van der Waals surface area contributed by atoms with Crippen molar-refractivity contribution >= 4 is 11.9 Å². The first kappa shape index (κ1) is 32.0. The molecule has 1 aliphatic rings. The van der Waals surface area contributed by atoms with E-state index in [-0.39, 0.29) is 12.3 Å². The lowest BCUT2D eigenvalue weighted by molar-refractivity contribution is -0.157. The maximum atomic E-state index is 14.4. The van der Waals surface area contributed by atoms with Gasteiger partial charge in [-0.2, -0.15) is 13.2 Å². The van der Waals surface area contributed by atoms with Crippen LogP contribution in [-0.2, 0) is 27.0 Å². The lowest BCUT2D eigenvalue weighted by Crippen LogP contribution is -2.49. The molecule has 4 rings (SSSR count). The molecule has 0 aromatic heterocycles. The smallest absolute Gasteiger partial charge is 0.416 e. The third-order valence-electron chi connectivity index (χ3n) is 8.02. The molecule has 1 heterocycles. The van der Waals surface area contributed by atoms with Gasteiger partial charge in [0.05, 0.1) is 18.7 Å². The molecule has 3 aromatic carbocycles. The van der Waals surface area contributed by atoms with E-state index in [2.05, 4.69) is 5.32 Å². The van der Waals surface area contributed by atoms with Gasteiger partial charge in [-0.3, -0.25) is 4.79 Å². The number of methoxy groups -OCH3 is 2. The molecule has 0 aliphatic carbocycles. The van der Waals surface area contributed by atoms with Crippen molar-refractivity contribution in [1.29, 1.82) is 0 Å². The number of aliphatic carboxylic acids is 1. The second kappa shape index (κ2) is 12.8. The molecule has 10 heteroatoms. The number of nitrogens with one attached hydrogen (secondary N) is 1. The highest BCUT2D eigenvalue weighted by Crippen LogP contribution is 2.49. The second-order valence-electron chi connectivity index (χ2n) is 11.7. The number of alkyl halides is 3. The van der Waals surface area contributed by atoms with E-state index in [9.17, 15) is 27.9 Å². The molecule has 1 amide bonds. The van der Waals surface area contributed by atoms with Gasteiger partial charge < -0.3 is 24.8 Å². The van der Waals surface area contributed by atoms with Gasteiger partial charge in [-0.05, 0) is 28.7 Å². The summed E-state index contributed by atoms with van der Waals surface area (Å²) in [7, 11) is 2.71. The van der Waals surface area contributed by atoms with Gasteiger partial charge in [-0.1, -0.05) is 87.5 Å². The van der Waals surface area contributed by atoms with Crippen LogP contribution in [0.5, 0.6) is 5.75 Å². The topological polar surface area (TPSA) is 88.1 Å². The summed E-state index contributed by atoms with van der Waals surface area (Å²) in [5.74, 6) is -2.21. The fourth-order valence-electron chi connectivity index (χ4n) is 6.17. The maximum absolute atomic E-state index is 14.4. The average molecular weight is 599 g/mol. The first-order chi connectivity index (χ1) is 20.3. The Morgan fingerprint density at radius 2 is 1.56 bits per heavy atom. The fourth-order valence-corrected chi connectivity index (χ4v) is 6.17. The number of ether oxygens (including phenoxy) is 2. The van der Waals surface area contributed by atoms with Gasteiger partial charge in [-0.25, -0.2) is 4.79 Å². The molecule has 1 aliphatic heterocycles. The highest BCUT2D eigenvalue weighted by atomic mass is 19.4. The zero-order valence-corrected chi connectivity index (χ0v) is 24.8. The maximum Gasteiger partial charge on any atom is 0.416 e. The van der Waals surface area contributed by atoms with Crippen molar-refractivity contribution in [2.24, 2.45) is 11.3 Å². The number of carboxylic acids is 1. The van der Waals surface area contributed by atoms with Crippen molar-refractivity contribution in [3.8, 4) is 5.75 Å².